The van der Waals surface area contributed by atoms with E-state index in [-0.39, 0.29) is 11.2 Å². The van der Waals surface area contributed by atoms with Crippen molar-refractivity contribution in [3.8, 4) is 6.07 Å². The molecule has 5 heteroatoms. The van der Waals surface area contributed by atoms with Crippen LogP contribution in [0.4, 0.5) is 11.4 Å². The minimum Gasteiger partial charge on any atom is -0.374 e. The van der Waals surface area contributed by atoms with Gasteiger partial charge in [-0.1, -0.05) is 0 Å². The molecule has 0 heterocycles. The molecule has 18 heavy (non-hydrogen) atoms. The Bertz CT molecular complexity index is 528. The van der Waals surface area contributed by atoms with E-state index in [1.165, 1.54) is 6.07 Å². The fraction of sp³-hybridized carbons (Fsp3) is 0.462. The maximum atomic E-state index is 11.0. The number of anilines is 1. The molecular formula is C13H15N3O2. The summed E-state index contributed by atoms with van der Waals surface area (Å²) >= 11 is 0. The molecule has 1 saturated carbocycles. The van der Waals surface area contributed by atoms with Crippen LogP contribution in [0.25, 0.3) is 0 Å². The molecule has 2 rings (SSSR count). The minimum atomic E-state index is -0.452. The first-order valence-corrected chi connectivity index (χ1v) is 5.91. The van der Waals surface area contributed by atoms with Crippen molar-refractivity contribution in [2.75, 3.05) is 5.32 Å². The largest absolute Gasteiger partial charge is 0.374 e. The van der Waals surface area contributed by atoms with Gasteiger partial charge in [-0.2, -0.15) is 5.26 Å². The molecule has 0 saturated heterocycles. The molecule has 0 unspecified atom stereocenters. The van der Waals surface area contributed by atoms with E-state index in [1.807, 2.05) is 19.9 Å². The molecule has 0 bridgehead atoms. The summed E-state index contributed by atoms with van der Waals surface area (Å²) < 4.78 is 0. The second-order valence-electron chi connectivity index (χ2n) is 5.22. The van der Waals surface area contributed by atoms with E-state index in [4.69, 9.17) is 5.26 Å². The van der Waals surface area contributed by atoms with Gasteiger partial charge in [-0.3, -0.25) is 10.1 Å². The molecule has 1 N–H and O–H groups in total. The van der Waals surface area contributed by atoms with Crippen LogP contribution in [0.3, 0.4) is 0 Å². The Hall–Kier alpha value is -2.09. The van der Waals surface area contributed by atoms with Crippen molar-refractivity contribution >= 4 is 11.4 Å². The predicted molar refractivity (Wildman–Crippen MR) is 68.2 cm³/mol. The van der Waals surface area contributed by atoms with Crippen LogP contribution in [0.15, 0.2) is 18.2 Å². The van der Waals surface area contributed by atoms with Crippen molar-refractivity contribution in [1.29, 1.82) is 5.26 Å². The Labute approximate surface area is 106 Å². The number of rotatable bonds is 4. The first-order valence-electron chi connectivity index (χ1n) is 5.91. The van der Waals surface area contributed by atoms with Gasteiger partial charge in [0, 0.05) is 11.6 Å². The van der Waals surface area contributed by atoms with E-state index < -0.39 is 4.92 Å². The Balaban J connectivity index is 2.32. The molecule has 94 valence electrons. The fourth-order valence-corrected chi connectivity index (χ4v) is 2.11. The lowest BCUT2D eigenvalue weighted by Crippen LogP contribution is -2.33. The molecule has 1 aromatic rings. The van der Waals surface area contributed by atoms with Crippen molar-refractivity contribution in [3.63, 3.8) is 0 Å². The number of nitrogens with one attached hydrogen (secondary N) is 1. The summed E-state index contributed by atoms with van der Waals surface area (Å²) in [6.45, 7) is 4.10. The first-order chi connectivity index (χ1) is 8.44. The van der Waals surface area contributed by atoms with Crippen molar-refractivity contribution in [2.45, 2.75) is 32.2 Å². The molecule has 0 radical (unpaired) electrons. The summed E-state index contributed by atoms with van der Waals surface area (Å²) in [5, 5.41) is 23.0. The van der Waals surface area contributed by atoms with Crippen molar-refractivity contribution in [1.82, 2.24) is 0 Å². The SMILES string of the molecule is CC(C)(Nc1ccc(C#N)cc1[N+](=O)[O-])C1CC1. The maximum Gasteiger partial charge on any atom is 0.293 e. The van der Waals surface area contributed by atoms with Crippen LogP contribution in [0.1, 0.15) is 32.3 Å². The molecular weight excluding hydrogens is 230 g/mol. The fourth-order valence-electron chi connectivity index (χ4n) is 2.11. The highest BCUT2D eigenvalue weighted by molar-refractivity contribution is 5.65. The lowest BCUT2D eigenvalue weighted by molar-refractivity contribution is -0.384. The summed E-state index contributed by atoms with van der Waals surface area (Å²) in [5.74, 6) is 0.563. The summed E-state index contributed by atoms with van der Waals surface area (Å²) in [4.78, 5) is 10.6. The zero-order chi connectivity index (χ0) is 13.3. The lowest BCUT2D eigenvalue weighted by atomic mass is 9.98. The van der Waals surface area contributed by atoms with Crippen LogP contribution in [-0.4, -0.2) is 10.5 Å². The van der Waals surface area contributed by atoms with E-state index in [0.29, 0.717) is 17.2 Å². The first kappa shape index (κ1) is 12.4. The van der Waals surface area contributed by atoms with Gasteiger partial charge < -0.3 is 5.32 Å². The molecule has 0 spiro atoms. The average molecular weight is 245 g/mol. The second-order valence-corrected chi connectivity index (χ2v) is 5.22. The number of benzene rings is 1. The normalized spacial score (nSPS) is 14.9. The van der Waals surface area contributed by atoms with E-state index in [9.17, 15) is 10.1 Å². The van der Waals surface area contributed by atoms with Crippen LogP contribution in [0, 0.1) is 27.4 Å². The predicted octanol–water partition coefficient (Wildman–Crippen LogP) is 3.07. The number of hydrogen-bond acceptors (Lipinski definition) is 4. The van der Waals surface area contributed by atoms with Gasteiger partial charge in [-0.05, 0) is 44.7 Å². The van der Waals surface area contributed by atoms with Gasteiger partial charge in [0.2, 0.25) is 0 Å². The minimum absolute atomic E-state index is 0.0391. The quantitative estimate of drug-likeness (QED) is 0.653. The van der Waals surface area contributed by atoms with Gasteiger partial charge in [0.15, 0.2) is 0 Å². The highest BCUT2D eigenvalue weighted by Crippen LogP contribution is 2.42. The molecule has 0 aliphatic heterocycles. The summed E-state index contributed by atoms with van der Waals surface area (Å²) in [5.41, 5.74) is 0.592. The van der Waals surface area contributed by atoms with Crippen molar-refractivity contribution in [3.05, 3.63) is 33.9 Å². The van der Waals surface area contributed by atoms with Crippen molar-refractivity contribution < 1.29 is 4.92 Å². The average Bonchev–Trinajstić information content (AvgIpc) is 3.12. The second kappa shape index (κ2) is 4.30. The monoisotopic (exact) mass is 245 g/mol. The van der Waals surface area contributed by atoms with E-state index >= 15 is 0 Å². The van der Waals surface area contributed by atoms with Gasteiger partial charge >= 0.3 is 0 Å². The van der Waals surface area contributed by atoms with Gasteiger partial charge in [-0.25, -0.2) is 0 Å². The topological polar surface area (TPSA) is 79.0 Å². The number of nitrogens with zero attached hydrogens (tertiary/aromatic N) is 2. The molecule has 0 amide bonds. The third-order valence-corrected chi connectivity index (χ3v) is 3.38. The lowest BCUT2D eigenvalue weighted by Gasteiger charge is -2.27. The molecule has 1 fully saturated rings. The number of hydrogen-bond donors (Lipinski definition) is 1. The van der Waals surface area contributed by atoms with Crippen LogP contribution in [-0.2, 0) is 0 Å². The standard InChI is InChI=1S/C13H15N3O2/c1-13(2,10-4-5-10)15-11-6-3-9(8-14)7-12(11)16(17)18/h3,6-7,10,15H,4-5H2,1-2H3. The van der Waals surface area contributed by atoms with Crippen LogP contribution < -0.4 is 5.32 Å². The third-order valence-electron chi connectivity index (χ3n) is 3.38. The molecule has 5 nitrogen and oxygen atoms in total. The molecule has 0 aromatic heterocycles. The van der Waals surface area contributed by atoms with Crippen molar-refractivity contribution in [2.24, 2.45) is 5.92 Å². The number of nitriles is 1. The van der Waals surface area contributed by atoms with E-state index in [0.717, 1.165) is 12.8 Å². The maximum absolute atomic E-state index is 11.0. The number of nitro benzene ring substituents is 1. The van der Waals surface area contributed by atoms with E-state index in [1.54, 1.807) is 12.1 Å². The zero-order valence-electron chi connectivity index (χ0n) is 10.4. The van der Waals surface area contributed by atoms with Crippen LogP contribution in [0.2, 0.25) is 0 Å². The summed E-state index contributed by atoms with van der Waals surface area (Å²) in [6.07, 6.45) is 2.31. The van der Waals surface area contributed by atoms with Gasteiger partial charge in [-0.15, -0.1) is 0 Å². The summed E-state index contributed by atoms with van der Waals surface area (Å²) in [7, 11) is 0. The van der Waals surface area contributed by atoms with Gasteiger partial charge in [0.25, 0.3) is 5.69 Å². The number of nitro groups is 1. The van der Waals surface area contributed by atoms with Gasteiger partial charge in [0.05, 0.1) is 16.6 Å². The third kappa shape index (κ3) is 2.43. The van der Waals surface area contributed by atoms with E-state index in [2.05, 4.69) is 5.32 Å². The highest BCUT2D eigenvalue weighted by atomic mass is 16.6. The molecule has 0 atom stereocenters. The Kier molecular flexibility index (Phi) is 2.95. The molecule has 1 aromatic carbocycles. The Morgan fingerprint density at radius 1 is 1.50 bits per heavy atom. The van der Waals surface area contributed by atoms with Crippen LogP contribution in [0.5, 0.6) is 0 Å². The Morgan fingerprint density at radius 3 is 2.67 bits per heavy atom. The van der Waals surface area contributed by atoms with Crippen LogP contribution >= 0.6 is 0 Å². The zero-order valence-corrected chi connectivity index (χ0v) is 10.4. The summed E-state index contributed by atoms with van der Waals surface area (Å²) in [6, 6.07) is 6.43. The van der Waals surface area contributed by atoms with Gasteiger partial charge in [0.1, 0.15) is 5.69 Å². The molecule has 1 aliphatic rings. The highest BCUT2D eigenvalue weighted by Gasteiger charge is 2.38. The Morgan fingerprint density at radius 2 is 2.17 bits per heavy atom. The smallest absolute Gasteiger partial charge is 0.293 e. The molecule has 1 aliphatic carbocycles.